The van der Waals surface area contributed by atoms with Gasteiger partial charge in [-0.05, 0) is 46.0 Å². The molecule has 0 aliphatic rings. The molecule has 0 atom stereocenters. The number of hydrogen-bond acceptors (Lipinski definition) is 4. The largest absolute Gasteiger partial charge is 0.462 e. The molecule has 4 heteroatoms. The van der Waals surface area contributed by atoms with E-state index in [-0.39, 0.29) is 17.4 Å². The lowest BCUT2D eigenvalue weighted by Gasteiger charge is -2.32. The van der Waals surface area contributed by atoms with Crippen molar-refractivity contribution in [1.82, 2.24) is 0 Å². The topological polar surface area (TPSA) is 52.6 Å². The maximum absolute atomic E-state index is 11.3. The van der Waals surface area contributed by atoms with Crippen molar-refractivity contribution in [2.75, 3.05) is 6.61 Å². The molecular weight excluding hydrogens is 304 g/mol. The van der Waals surface area contributed by atoms with Crippen molar-refractivity contribution >= 4 is 11.9 Å². The average Bonchev–Trinajstić information content (AvgIpc) is 2.35. The van der Waals surface area contributed by atoms with Crippen molar-refractivity contribution in [3.63, 3.8) is 0 Å². The number of rotatable bonds is 7. The number of esters is 2. The summed E-state index contributed by atoms with van der Waals surface area (Å²) in [6.45, 7) is 23.1. The molecule has 0 amide bonds. The van der Waals surface area contributed by atoms with Gasteiger partial charge in [0.05, 0.1) is 6.61 Å². The maximum Gasteiger partial charge on any atom is 0.333 e. The quantitative estimate of drug-likeness (QED) is 0.362. The van der Waals surface area contributed by atoms with Crippen LogP contribution >= 0.6 is 0 Å². The van der Waals surface area contributed by atoms with Crippen LogP contribution in [-0.4, -0.2) is 24.1 Å². The van der Waals surface area contributed by atoms with E-state index < -0.39 is 5.60 Å². The minimum absolute atomic E-state index is 0.152. The molecule has 0 heterocycles. The molecule has 0 aromatic rings. The second-order valence-electron chi connectivity index (χ2n) is 7.94. The molecule has 0 bridgehead atoms. The highest BCUT2D eigenvalue weighted by Crippen LogP contribution is 2.29. The van der Waals surface area contributed by atoms with Crippen LogP contribution < -0.4 is 0 Å². The predicted octanol–water partition coefficient (Wildman–Crippen LogP) is 5.23. The third kappa shape index (κ3) is 15.3. The second-order valence-corrected chi connectivity index (χ2v) is 7.94. The van der Waals surface area contributed by atoms with Crippen LogP contribution in [0.1, 0.15) is 74.7 Å². The third-order valence-corrected chi connectivity index (χ3v) is 2.75. The van der Waals surface area contributed by atoms with E-state index in [1.54, 1.807) is 13.8 Å². The summed E-state index contributed by atoms with van der Waals surface area (Å²) in [5, 5.41) is 0. The SMILES string of the molecule is C=C(C)C(=O)OC(C)(C)CC(C)(C)C.C=C(C)C(=O)OCCCC. The van der Waals surface area contributed by atoms with Crippen LogP contribution in [0.4, 0.5) is 0 Å². The summed E-state index contributed by atoms with van der Waals surface area (Å²) in [5.41, 5.74) is 0.649. The lowest BCUT2D eigenvalue weighted by Crippen LogP contribution is -2.32. The van der Waals surface area contributed by atoms with Gasteiger partial charge in [0.15, 0.2) is 0 Å². The zero-order valence-corrected chi connectivity index (χ0v) is 16.9. The zero-order chi connectivity index (χ0) is 19.6. The third-order valence-electron chi connectivity index (χ3n) is 2.75. The molecule has 0 aliphatic heterocycles. The number of hydrogen-bond donors (Lipinski definition) is 0. The minimum atomic E-state index is -0.422. The Balaban J connectivity index is 0. The van der Waals surface area contributed by atoms with E-state index in [4.69, 9.17) is 9.47 Å². The monoisotopic (exact) mass is 340 g/mol. The van der Waals surface area contributed by atoms with E-state index in [0.29, 0.717) is 17.8 Å². The smallest absolute Gasteiger partial charge is 0.333 e. The van der Waals surface area contributed by atoms with Gasteiger partial charge in [0.1, 0.15) is 5.60 Å². The molecule has 0 saturated carbocycles. The molecule has 0 N–H and O–H groups in total. The lowest BCUT2D eigenvalue weighted by molar-refractivity contribution is -0.153. The fourth-order valence-corrected chi connectivity index (χ4v) is 2.08. The molecule has 4 nitrogen and oxygen atoms in total. The van der Waals surface area contributed by atoms with Gasteiger partial charge in [0.2, 0.25) is 0 Å². The summed E-state index contributed by atoms with van der Waals surface area (Å²) < 4.78 is 10.1. The van der Waals surface area contributed by atoms with E-state index in [9.17, 15) is 9.59 Å². The fraction of sp³-hybridized carbons (Fsp3) is 0.700. The Kier molecular flexibility index (Phi) is 11.4. The summed E-state index contributed by atoms with van der Waals surface area (Å²) in [5.74, 6) is -0.590. The molecule has 0 aromatic heterocycles. The highest BCUT2D eigenvalue weighted by atomic mass is 16.6. The number of carbonyl (C=O) groups excluding carboxylic acids is 2. The van der Waals surface area contributed by atoms with Gasteiger partial charge in [-0.15, -0.1) is 0 Å². The maximum atomic E-state index is 11.3. The van der Waals surface area contributed by atoms with E-state index >= 15 is 0 Å². The first-order valence-electron chi connectivity index (χ1n) is 8.43. The van der Waals surface area contributed by atoms with Gasteiger partial charge in [0, 0.05) is 11.1 Å². The molecule has 0 rings (SSSR count). The Hall–Kier alpha value is -1.58. The van der Waals surface area contributed by atoms with Crippen molar-refractivity contribution in [2.45, 2.75) is 80.3 Å². The zero-order valence-electron chi connectivity index (χ0n) is 16.9. The highest BCUT2D eigenvalue weighted by molar-refractivity contribution is 5.87. The van der Waals surface area contributed by atoms with E-state index in [2.05, 4.69) is 40.9 Å². The van der Waals surface area contributed by atoms with Crippen LogP contribution in [0.3, 0.4) is 0 Å². The summed E-state index contributed by atoms with van der Waals surface area (Å²) in [7, 11) is 0. The van der Waals surface area contributed by atoms with E-state index in [0.717, 1.165) is 19.3 Å². The predicted molar refractivity (Wildman–Crippen MR) is 99.7 cm³/mol. The fourth-order valence-electron chi connectivity index (χ4n) is 2.08. The van der Waals surface area contributed by atoms with Crippen LogP contribution in [0.25, 0.3) is 0 Å². The van der Waals surface area contributed by atoms with Gasteiger partial charge < -0.3 is 9.47 Å². The van der Waals surface area contributed by atoms with Crippen molar-refractivity contribution in [3.8, 4) is 0 Å². The highest BCUT2D eigenvalue weighted by Gasteiger charge is 2.29. The van der Waals surface area contributed by atoms with Gasteiger partial charge >= 0.3 is 11.9 Å². The first kappa shape index (κ1) is 24.7. The molecule has 140 valence electrons. The van der Waals surface area contributed by atoms with Crippen LogP contribution in [0.5, 0.6) is 0 Å². The summed E-state index contributed by atoms with van der Waals surface area (Å²) >= 11 is 0. The number of ether oxygens (including phenoxy) is 2. The Labute approximate surface area is 148 Å². The Morgan fingerprint density at radius 1 is 0.917 bits per heavy atom. The molecule has 0 aromatic carbocycles. The summed E-state index contributed by atoms with van der Waals surface area (Å²) in [6.07, 6.45) is 2.81. The van der Waals surface area contributed by atoms with Gasteiger partial charge in [-0.1, -0.05) is 47.3 Å². The van der Waals surface area contributed by atoms with Crippen LogP contribution in [0, 0.1) is 5.41 Å². The minimum Gasteiger partial charge on any atom is -0.462 e. The van der Waals surface area contributed by atoms with Crippen molar-refractivity contribution in [2.24, 2.45) is 5.41 Å². The van der Waals surface area contributed by atoms with Gasteiger partial charge in [-0.25, -0.2) is 9.59 Å². The average molecular weight is 341 g/mol. The standard InChI is InChI=1S/C12H22O2.C8H14O2/c1-9(2)10(13)14-12(6,7)8-11(3,4)5;1-4-5-6-10-8(9)7(2)3/h1,8H2,2-7H3;2,4-6H2,1,3H3. The Morgan fingerprint density at radius 2 is 1.38 bits per heavy atom. The molecule has 0 radical (unpaired) electrons. The Morgan fingerprint density at radius 3 is 1.71 bits per heavy atom. The lowest BCUT2D eigenvalue weighted by atomic mass is 9.83. The molecule has 0 unspecified atom stereocenters. The molecule has 0 saturated heterocycles. The van der Waals surface area contributed by atoms with Crippen LogP contribution in [0.15, 0.2) is 24.3 Å². The van der Waals surface area contributed by atoms with Crippen LogP contribution in [-0.2, 0) is 19.1 Å². The van der Waals surface area contributed by atoms with Gasteiger partial charge in [-0.2, -0.15) is 0 Å². The molecular formula is C20H36O4. The van der Waals surface area contributed by atoms with Crippen molar-refractivity contribution in [1.29, 1.82) is 0 Å². The summed E-state index contributed by atoms with van der Waals surface area (Å²) in [6, 6.07) is 0. The van der Waals surface area contributed by atoms with Crippen molar-refractivity contribution < 1.29 is 19.1 Å². The van der Waals surface area contributed by atoms with E-state index in [1.165, 1.54) is 0 Å². The molecule has 0 fully saturated rings. The van der Waals surface area contributed by atoms with Crippen LogP contribution in [0.2, 0.25) is 0 Å². The normalized spacial score (nSPS) is 11.0. The first-order valence-corrected chi connectivity index (χ1v) is 8.43. The number of unbranched alkanes of at least 4 members (excludes halogenated alkanes) is 1. The van der Waals surface area contributed by atoms with Gasteiger partial charge in [-0.3, -0.25) is 0 Å². The summed E-state index contributed by atoms with van der Waals surface area (Å²) in [4.78, 5) is 22.0. The first-order chi connectivity index (χ1) is 10.7. The van der Waals surface area contributed by atoms with Gasteiger partial charge in [0.25, 0.3) is 0 Å². The van der Waals surface area contributed by atoms with E-state index in [1.807, 2.05) is 13.8 Å². The number of carbonyl (C=O) groups is 2. The Bertz CT molecular complexity index is 439. The van der Waals surface area contributed by atoms with Crippen molar-refractivity contribution in [3.05, 3.63) is 24.3 Å². The molecule has 0 spiro atoms. The second kappa shape index (κ2) is 11.1. The molecule has 24 heavy (non-hydrogen) atoms. The molecule has 0 aliphatic carbocycles.